The van der Waals surface area contributed by atoms with E-state index in [1.807, 2.05) is 6.92 Å². The van der Waals surface area contributed by atoms with Crippen LogP contribution in [0.5, 0.6) is 0 Å². The van der Waals surface area contributed by atoms with Crippen molar-refractivity contribution < 1.29 is 4.11 Å². The van der Waals surface area contributed by atoms with Gasteiger partial charge in [-0.25, -0.2) is 0 Å². The van der Waals surface area contributed by atoms with Crippen LogP contribution in [0.25, 0.3) is 0 Å². The molecule has 1 rings (SSSR count). The number of nitrogens with one attached hydrogen (secondary N) is 1. The number of halogens is 2. The molecule has 1 atom stereocenters. The van der Waals surface area contributed by atoms with Crippen molar-refractivity contribution >= 4 is 24.8 Å². The third-order valence-corrected chi connectivity index (χ3v) is 1.37. The zero-order valence-electron chi connectivity index (χ0n) is 8.96. The second-order valence-electron chi connectivity index (χ2n) is 2.30. The lowest BCUT2D eigenvalue weighted by atomic mass is 10.2. The highest BCUT2D eigenvalue weighted by Gasteiger charge is 2.09. The number of rotatable bonds is 0. The van der Waals surface area contributed by atoms with Crippen LogP contribution in [-0.2, 0) is 0 Å². The van der Waals surface area contributed by atoms with Gasteiger partial charge in [-0.15, -0.1) is 24.8 Å². The first-order chi connectivity index (χ1) is 5.00. The van der Waals surface area contributed by atoms with E-state index in [0.717, 1.165) is 6.54 Å². The smallest absolute Gasteiger partial charge is 0.0394 e. The summed E-state index contributed by atoms with van der Waals surface area (Å²) in [6, 6.07) is 0.296. The van der Waals surface area contributed by atoms with Crippen molar-refractivity contribution in [2.24, 2.45) is 0 Å². The summed E-state index contributed by atoms with van der Waals surface area (Å²) in [5.41, 5.74) is 0. The summed E-state index contributed by atoms with van der Waals surface area (Å²) in [5, 5.41) is 3.19. The number of hydrogen-bond donors (Lipinski definition) is 1. The zero-order chi connectivity index (χ0) is 8.48. The van der Waals surface area contributed by atoms with Gasteiger partial charge in [-0.2, -0.15) is 0 Å². The second kappa shape index (κ2) is 6.23. The first kappa shape index (κ1) is 7.17. The Labute approximate surface area is 79.4 Å². The molecule has 1 saturated heterocycles. The van der Waals surface area contributed by atoms with Gasteiger partial charge in [0, 0.05) is 29.8 Å². The van der Waals surface area contributed by atoms with E-state index < -0.39 is 6.98 Å². The molecule has 0 bridgehead atoms. The maximum atomic E-state index is 7.15. The molecule has 0 aromatic carbocycles. The molecule has 0 amide bonds. The quantitative estimate of drug-likeness (QED) is 0.606. The molecule has 0 aliphatic carbocycles. The Morgan fingerprint density at radius 2 is 2.30 bits per heavy atom. The minimum Gasteiger partial charge on any atom is -0.312 e. The predicted octanol–water partition coefficient (Wildman–Crippen LogP) is 0.753. The van der Waals surface area contributed by atoms with Gasteiger partial charge in [0.05, 0.1) is 0 Å². The Morgan fingerprint density at radius 1 is 1.60 bits per heavy atom. The minimum atomic E-state index is -1.91. The molecule has 1 aliphatic heterocycles. The van der Waals surface area contributed by atoms with E-state index in [2.05, 4.69) is 5.32 Å². The molecule has 0 saturated carbocycles. The van der Waals surface area contributed by atoms with Crippen molar-refractivity contribution in [2.45, 2.75) is 13.0 Å². The first-order valence-electron chi connectivity index (χ1n) is 4.48. The molecule has 1 N–H and O–H groups in total. The lowest BCUT2D eigenvalue weighted by molar-refractivity contribution is 0.248. The Morgan fingerprint density at radius 3 is 2.70 bits per heavy atom. The van der Waals surface area contributed by atoms with Crippen LogP contribution in [0.3, 0.4) is 0 Å². The second-order valence-corrected chi connectivity index (χ2v) is 2.30. The topological polar surface area (TPSA) is 15.3 Å². The van der Waals surface area contributed by atoms with Gasteiger partial charge in [-0.05, 0) is 13.9 Å². The lowest BCUT2D eigenvalue weighted by Crippen LogP contribution is -2.47. The molecule has 2 nitrogen and oxygen atoms in total. The number of hydrogen-bond acceptors (Lipinski definition) is 2. The van der Waals surface area contributed by atoms with E-state index in [0.29, 0.717) is 19.1 Å². The third kappa shape index (κ3) is 4.34. The number of nitrogens with zero attached hydrogens (tertiary/aromatic N) is 1. The Bertz CT molecular complexity index is 142. The van der Waals surface area contributed by atoms with Crippen LogP contribution >= 0.6 is 24.8 Å². The van der Waals surface area contributed by atoms with Crippen LogP contribution in [0.4, 0.5) is 0 Å². The van der Waals surface area contributed by atoms with Gasteiger partial charge >= 0.3 is 0 Å². The molecular formula is C6H16Cl2N2. The number of likely N-dealkylation sites (N-methyl/N-ethyl adjacent to an activating group) is 1. The van der Waals surface area contributed by atoms with Gasteiger partial charge in [-0.3, -0.25) is 0 Å². The van der Waals surface area contributed by atoms with Crippen molar-refractivity contribution in [3.8, 4) is 0 Å². The van der Waals surface area contributed by atoms with E-state index in [4.69, 9.17) is 4.11 Å². The maximum Gasteiger partial charge on any atom is 0.0394 e. The SMILES string of the molecule is Cl.Cl.[2H]C([2H])([2H])N1CCN[C@@H](C)C1. The van der Waals surface area contributed by atoms with E-state index in [1.54, 1.807) is 0 Å². The van der Waals surface area contributed by atoms with E-state index in [-0.39, 0.29) is 24.8 Å². The Balaban J connectivity index is 0. The molecular weight excluding hydrogens is 171 g/mol. The monoisotopic (exact) mass is 189 g/mol. The van der Waals surface area contributed by atoms with Gasteiger partial charge in [0.25, 0.3) is 0 Å². The van der Waals surface area contributed by atoms with Crippen molar-refractivity contribution in [3.05, 3.63) is 0 Å². The molecule has 1 fully saturated rings. The summed E-state index contributed by atoms with van der Waals surface area (Å²) < 4.78 is 21.4. The average molecular weight is 190 g/mol. The minimum absolute atomic E-state index is 0. The molecule has 0 spiro atoms. The van der Waals surface area contributed by atoms with E-state index >= 15 is 0 Å². The Hall–Kier alpha value is 0.500. The highest BCUT2D eigenvalue weighted by Crippen LogP contribution is 1.92. The van der Waals surface area contributed by atoms with E-state index in [1.165, 1.54) is 4.90 Å². The van der Waals surface area contributed by atoms with Crippen LogP contribution in [0, 0.1) is 0 Å². The highest BCUT2D eigenvalue weighted by molar-refractivity contribution is 5.85. The van der Waals surface area contributed by atoms with Crippen LogP contribution in [-0.4, -0.2) is 37.6 Å². The molecule has 0 aromatic rings. The summed E-state index contributed by atoms with van der Waals surface area (Å²) in [6.45, 7) is 2.12. The van der Waals surface area contributed by atoms with Crippen LogP contribution in [0.2, 0.25) is 0 Å². The standard InChI is InChI=1S/C6H14N2.2ClH/c1-6-5-8(2)4-3-7-6;;/h6-7H,3-5H2,1-2H3;2*1H/t6-;;/m0../s1/i2D3;;. The maximum absolute atomic E-state index is 7.15. The first-order valence-corrected chi connectivity index (χ1v) is 2.98. The van der Waals surface area contributed by atoms with Crippen molar-refractivity contribution in [3.63, 3.8) is 0 Å². The third-order valence-electron chi connectivity index (χ3n) is 1.37. The molecule has 0 aromatic heterocycles. The van der Waals surface area contributed by atoms with Crippen molar-refractivity contribution in [1.82, 2.24) is 10.2 Å². The van der Waals surface area contributed by atoms with Crippen LogP contribution < -0.4 is 5.32 Å². The fourth-order valence-electron chi connectivity index (χ4n) is 0.932. The molecule has 64 valence electrons. The fraction of sp³-hybridized carbons (Fsp3) is 1.00. The van der Waals surface area contributed by atoms with Gasteiger partial charge in [0.1, 0.15) is 0 Å². The van der Waals surface area contributed by atoms with Crippen LogP contribution in [0.15, 0.2) is 0 Å². The molecule has 0 unspecified atom stereocenters. The normalized spacial score (nSPS) is 32.1. The van der Waals surface area contributed by atoms with Gasteiger partial charge in [0.15, 0.2) is 0 Å². The zero-order valence-corrected chi connectivity index (χ0v) is 7.60. The molecule has 1 heterocycles. The van der Waals surface area contributed by atoms with Crippen molar-refractivity contribution in [2.75, 3.05) is 26.6 Å². The van der Waals surface area contributed by atoms with Gasteiger partial charge < -0.3 is 10.2 Å². The summed E-state index contributed by atoms with van der Waals surface area (Å²) in [5.74, 6) is 0. The van der Waals surface area contributed by atoms with Gasteiger partial charge in [0.2, 0.25) is 0 Å². The summed E-state index contributed by atoms with van der Waals surface area (Å²) in [4.78, 5) is 1.54. The highest BCUT2D eigenvalue weighted by atomic mass is 35.5. The van der Waals surface area contributed by atoms with E-state index in [9.17, 15) is 0 Å². The largest absolute Gasteiger partial charge is 0.312 e. The molecule has 4 heteroatoms. The van der Waals surface area contributed by atoms with Crippen molar-refractivity contribution in [1.29, 1.82) is 0 Å². The molecule has 0 radical (unpaired) electrons. The average Bonchev–Trinajstić information content (AvgIpc) is 1.86. The summed E-state index contributed by atoms with van der Waals surface area (Å²) in [7, 11) is 0. The number of piperazine rings is 1. The predicted molar refractivity (Wildman–Crippen MR) is 49.5 cm³/mol. The molecule has 10 heavy (non-hydrogen) atoms. The Kier molecular flexibility index (Phi) is 4.46. The van der Waals surface area contributed by atoms with Crippen LogP contribution in [0.1, 0.15) is 11.0 Å². The lowest BCUT2D eigenvalue weighted by Gasteiger charge is -2.28. The molecule has 1 aliphatic rings. The summed E-state index contributed by atoms with van der Waals surface area (Å²) >= 11 is 0. The fourth-order valence-corrected chi connectivity index (χ4v) is 0.932. The van der Waals surface area contributed by atoms with Gasteiger partial charge in [-0.1, -0.05) is 0 Å². The summed E-state index contributed by atoms with van der Waals surface area (Å²) in [6.07, 6.45) is 0.